The van der Waals surface area contributed by atoms with Gasteiger partial charge in [0.1, 0.15) is 28.5 Å². The fourth-order valence-electron chi connectivity index (χ4n) is 7.35. The van der Waals surface area contributed by atoms with E-state index in [1.807, 2.05) is 19.2 Å². The third-order valence-corrected chi connectivity index (χ3v) is 9.51. The molecular formula is C34H30F4N6. The highest BCUT2D eigenvalue weighted by molar-refractivity contribution is 6.18. The molecule has 0 radical (unpaired) electrons. The number of aryl methyl sites for hydroxylation is 3. The number of hydrogen-bond acceptors (Lipinski definition) is 5. The van der Waals surface area contributed by atoms with Crippen LogP contribution in [0.2, 0.25) is 0 Å². The van der Waals surface area contributed by atoms with E-state index < -0.39 is 23.5 Å². The number of aromatic nitrogens is 4. The van der Waals surface area contributed by atoms with Gasteiger partial charge < -0.3 is 10.2 Å². The van der Waals surface area contributed by atoms with Crippen molar-refractivity contribution in [3.63, 3.8) is 0 Å². The molecular weight excluding hydrogens is 568 g/mol. The first kappa shape index (κ1) is 27.3. The molecule has 4 heterocycles. The molecule has 1 N–H and O–H groups in total. The largest absolute Gasteiger partial charge is 0.353 e. The van der Waals surface area contributed by atoms with E-state index in [4.69, 9.17) is 21.5 Å². The summed E-state index contributed by atoms with van der Waals surface area (Å²) in [5.74, 6) is -1.16. The lowest BCUT2D eigenvalue weighted by molar-refractivity contribution is 0.0970. The molecule has 3 aromatic carbocycles. The van der Waals surface area contributed by atoms with E-state index in [1.165, 1.54) is 6.07 Å². The van der Waals surface area contributed by atoms with Gasteiger partial charge in [-0.3, -0.25) is 4.68 Å². The first-order chi connectivity index (χ1) is 21.1. The smallest absolute Gasteiger partial charge is 0.251 e. The Balaban J connectivity index is 1.42. The highest BCUT2D eigenvalue weighted by Gasteiger charge is 2.56. The third-order valence-electron chi connectivity index (χ3n) is 9.51. The molecule has 1 aliphatic carbocycles. The van der Waals surface area contributed by atoms with E-state index >= 15 is 8.78 Å². The first-order valence-corrected chi connectivity index (χ1v) is 15.1. The predicted octanol–water partition coefficient (Wildman–Crippen LogP) is 6.43. The molecule has 2 aromatic heterocycles. The topological polar surface area (TPSA) is 58.9 Å². The lowest BCUT2D eigenvalue weighted by Crippen LogP contribution is -2.51. The van der Waals surface area contributed by atoms with Gasteiger partial charge in [-0.05, 0) is 48.8 Å². The number of rotatable bonds is 5. The van der Waals surface area contributed by atoms with Gasteiger partial charge >= 0.3 is 0 Å². The Kier molecular flexibility index (Phi) is 5.98. The summed E-state index contributed by atoms with van der Waals surface area (Å²) in [6.45, 7) is 3.28. The molecule has 44 heavy (non-hydrogen) atoms. The highest BCUT2D eigenvalue weighted by atomic mass is 19.3. The molecule has 3 atom stereocenters. The molecule has 2 aliphatic heterocycles. The van der Waals surface area contributed by atoms with Crippen LogP contribution < -0.4 is 10.2 Å². The van der Waals surface area contributed by atoms with E-state index in [0.717, 1.165) is 18.4 Å². The van der Waals surface area contributed by atoms with Gasteiger partial charge in [0, 0.05) is 73.5 Å². The molecule has 6 nitrogen and oxygen atoms in total. The number of fused-ring (bicyclic) bond motifs is 6. The van der Waals surface area contributed by atoms with Crippen LogP contribution in [0.5, 0.6) is 0 Å². The minimum atomic E-state index is -2.66. The van der Waals surface area contributed by atoms with Crippen molar-refractivity contribution < 1.29 is 17.6 Å². The fraction of sp³-hybridized carbons (Fsp3) is 0.382. The zero-order chi connectivity index (χ0) is 30.5. The van der Waals surface area contributed by atoms with Crippen LogP contribution in [0.3, 0.4) is 0 Å². The standard InChI is InChI=1S/C34H30F4N6/c1-4-22-25(35)9-5-18-11-17(2)12-23(27(18)22)28-30(36)32-29(24-16-43(3)42-31(24)28)33(44-14-20-7-8-21(15-44)39-20)41-26(40-32)10-6-19-13-34(19,37)38/h1,5,9,11-12,16,19-21,39H,6-8,10,13-15H2,2-3H3. The number of halogens is 4. The van der Waals surface area contributed by atoms with Crippen molar-refractivity contribution in [2.24, 2.45) is 13.0 Å². The molecule has 0 spiro atoms. The van der Waals surface area contributed by atoms with Gasteiger partial charge in [0.25, 0.3) is 5.92 Å². The maximum absolute atomic E-state index is 17.3. The summed E-state index contributed by atoms with van der Waals surface area (Å²) in [5.41, 5.74) is 1.99. The van der Waals surface area contributed by atoms with Gasteiger partial charge in [0.2, 0.25) is 0 Å². The van der Waals surface area contributed by atoms with Crippen LogP contribution in [0.4, 0.5) is 23.4 Å². The van der Waals surface area contributed by atoms with Crippen LogP contribution in [0.15, 0.2) is 30.5 Å². The van der Waals surface area contributed by atoms with Gasteiger partial charge in [0.15, 0.2) is 5.82 Å². The second-order valence-corrected chi connectivity index (χ2v) is 12.7. The highest BCUT2D eigenvalue weighted by Crippen LogP contribution is 2.51. The summed E-state index contributed by atoms with van der Waals surface area (Å²) in [5, 5.41) is 10.6. The Morgan fingerprint density at radius 2 is 1.82 bits per heavy atom. The van der Waals surface area contributed by atoms with E-state index in [-0.39, 0.29) is 48.0 Å². The van der Waals surface area contributed by atoms with E-state index in [2.05, 4.69) is 16.1 Å². The SMILES string of the molecule is C#Cc1c(F)ccc2cc(C)cc(-c3c(F)c4nc(CCC5CC5(F)F)nc(N5CC6CCC(C5)N6)c4c4cn(C)nc34)c12. The van der Waals surface area contributed by atoms with Crippen molar-refractivity contribution in [1.29, 1.82) is 0 Å². The summed E-state index contributed by atoms with van der Waals surface area (Å²) < 4.78 is 61.5. The van der Waals surface area contributed by atoms with Crippen molar-refractivity contribution in [3.8, 4) is 23.5 Å². The van der Waals surface area contributed by atoms with Crippen LogP contribution in [0, 0.1) is 36.8 Å². The molecule has 2 saturated heterocycles. The molecule has 5 aromatic rings. The van der Waals surface area contributed by atoms with Gasteiger partial charge in [-0.15, -0.1) is 6.42 Å². The number of benzene rings is 3. The maximum atomic E-state index is 17.3. The molecule has 0 amide bonds. The molecule has 8 rings (SSSR count). The van der Waals surface area contributed by atoms with Gasteiger partial charge in [-0.2, -0.15) is 5.10 Å². The molecule has 2 bridgehead atoms. The van der Waals surface area contributed by atoms with Crippen LogP contribution >= 0.6 is 0 Å². The van der Waals surface area contributed by atoms with Crippen LogP contribution in [-0.2, 0) is 13.5 Å². The van der Waals surface area contributed by atoms with E-state index in [0.29, 0.717) is 57.4 Å². The molecule has 3 aliphatic rings. The van der Waals surface area contributed by atoms with Gasteiger partial charge in [-0.25, -0.2) is 27.5 Å². The number of nitrogens with one attached hydrogen (secondary N) is 1. The molecule has 10 heteroatoms. The Morgan fingerprint density at radius 1 is 1.07 bits per heavy atom. The Labute approximate surface area is 251 Å². The lowest BCUT2D eigenvalue weighted by atomic mass is 9.90. The van der Waals surface area contributed by atoms with E-state index in [1.54, 1.807) is 23.9 Å². The van der Waals surface area contributed by atoms with Crippen molar-refractivity contribution in [2.75, 3.05) is 18.0 Å². The zero-order valence-corrected chi connectivity index (χ0v) is 24.4. The number of alkyl halides is 2. The normalized spacial score (nSPS) is 22.3. The minimum Gasteiger partial charge on any atom is -0.353 e. The van der Waals surface area contributed by atoms with Crippen molar-refractivity contribution in [1.82, 2.24) is 25.1 Å². The summed E-state index contributed by atoms with van der Waals surface area (Å²) >= 11 is 0. The Hall–Kier alpha value is -4.23. The fourth-order valence-corrected chi connectivity index (χ4v) is 7.35. The zero-order valence-electron chi connectivity index (χ0n) is 24.4. The minimum absolute atomic E-state index is 0.0480. The molecule has 3 fully saturated rings. The lowest BCUT2D eigenvalue weighted by Gasteiger charge is -2.34. The Bertz CT molecular complexity index is 2050. The van der Waals surface area contributed by atoms with Crippen molar-refractivity contribution in [2.45, 2.75) is 57.0 Å². The number of piperazine rings is 1. The second-order valence-electron chi connectivity index (χ2n) is 12.7. The van der Waals surface area contributed by atoms with Crippen LogP contribution in [0.25, 0.3) is 43.7 Å². The third kappa shape index (κ3) is 4.24. The summed E-state index contributed by atoms with van der Waals surface area (Å²) in [6, 6.07) is 7.23. The number of nitrogens with zero attached hydrogens (tertiary/aromatic N) is 5. The molecule has 224 valence electrons. The first-order valence-electron chi connectivity index (χ1n) is 15.1. The summed E-state index contributed by atoms with van der Waals surface area (Å²) in [6.07, 6.45) is 10.0. The predicted molar refractivity (Wildman–Crippen MR) is 163 cm³/mol. The van der Waals surface area contributed by atoms with E-state index in [9.17, 15) is 8.78 Å². The van der Waals surface area contributed by atoms with Crippen LogP contribution in [0.1, 0.15) is 42.6 Å². The second kappa shape index (κ2) is 9.63. The molecule has 3 unspecified atom stereocenters. The summed E-state index contributed by atoms with van der Waals surface area (Å²) in [7, 11) is 1.77. The van der Waals surface area contributed by atoms with Crippen LogP contribution in [-0.4, -0.2) is 50.8 Å². The van der Waals surface area contributed by atoms with Gasteiger partial charge in [-0.1, -0.05) is 24.1 Å². The summed E-state index contributed by atoms with van der Waals surface area (Å²) in [4.78, 5) is 11.8. The quantitative estimate of drug-likeness (QED) is 0.187. The maximum Gasteiger partial charge on any atom is 0.251 e. The van der Waals surface area contributed by atoms with Gasteiger partial charge in [0.05, 0.1) is 10.9 Å². The number of terminal acetylenes is 1. The molecule has 1 saturated carbocycles. The monoisotopic (exact) mass is 598 g/mol. The number of hydrogen-bond donors (Lipinski definition) is 1. The average Bonchev–Trinajstić information content (AvgIpc) is 3.24. The van der Waals surface area contributed by atoms with Crippen molar-refractivity contribution >= 4 is 38.4 Å². The number of anilines is 1. The van der Waals surface area contributed by atoms with Crippen molar-refractivity contribution in [3.05, 3.63) is 59.0 Å². The Morgan fingerprint density at radius 3 is 2.52 bits per heavy atom. The average molecular weight is 599 g/mol.